The molecule has 0 heterocycles. The molecule has 2 nitrogen and oxygen atoms in total. The monoisotopic (exact) mass is 223 g/mol. The number of thiol groups is 1. The van der Waals surface area contributed by atoms with Crippen molar-refractivity contribution in [3.63, 3.8) is 0 Å². The zero-order valence-corrected chi connectivity index (χ0v) is 9.89. The van der Waals surface area contributed by atoms with Crippen LogP contribution in [0.15, 0.2) is 24.3 Å². The summed E-state index contributed by atoms with van der Waals surface area (Å²) in [5, 5.41) is 2.75. The lowest BCUT2D eigenvalue weighted by Crippen LogP contribution is -2.05. The third-order valence-corrected chi connectivity index (χ3v) is 2.46. The molecule has 0 unspecified atom stereocenters. The van der Waals surface area contributed by atoms with E-state index in [9.17, 15) is 4.79 Å². The Balaban J connectivity index is 2.45. The van der Waals surface area contributed by atoms with E-state index in [-0.39, 0.29) is 5.91 Å². The Morgan fingerprint density at radius 1 is 1.27 bits per heavy atom. The molecule has 0 aliphatic carbocycles. The summed E-state index contributed by atoms with van der Waals surface area (Å²) in [5.74, 6) is 0.919. The number of hydrogen-bond donors (Lipinski definition) is 2. The summed E-state index contributed by atoms with van der Waals surface area (Å²) in [4.78, 5) is 10.8. The lowest BCUT2D eigenvalue weighted by Gasteiger charge is -2.04. The summed E-state index contributed by atoms with van der Waals surface area (Å²) in [6.45, 7) is 1.51. The van der Waals surface area contributed by atoms with Crippen molar-refractivity contribution in [1.82, 2.24) is 0 Å². The highest BCUT2D eigenvalue weighted by atomic mass is 32.1. The van der Waals surface area contributed by atoms with Gasteiger partial charge in [0.15, 0.2) is 0 Å². The summed E-state index contributed by atoms with van der Waals surface area (Å²) in [6.07, 6.45) is 3.40. The van der Waals surface area contributed by atoms with E-state index >= 15 is 0 Å². The highest BCUT2D eigenvalue weighted by molar-refractivity contribution is 7.80. The third-order valence-electron chi connectivity index (χ3n) is 2.15. The number of benzene rings is 1. The number of unbranched alkanes of at least 4 members (excludes halogenated alkanes) is 1. The Labute approximate surface area is 96.5 Å². The molecule has 3 heteroatoms. The van der Waals surface area contributed by atoms with E-state index in [1.165, 1.54) is 18.9 Å². The Morgan fingerprint density at radius 2 is 1.93 bits per heavy atom. The fourth-order valence-electron chi connectivity index (χ4n) is 1.40. The lowest BCUT2D eigenvalue weighted by atomic mass is 10.1. The molecule has 1 N–H and O–H groups in total. The zero-order chi connectivity index (χ0) is 11.1. The summed E-state index contributed by atoms with van der Waals surface area (Å²) in [7, 11) is 0. The molecule has 0 fully saturated rings. The van der Waals surface area contributed by atoms with Gasteiger partial charge < -0.3 is 5.32 Å². The van der Waals surface area contributed by atoms with E-state index in [0.29, 0.717) is 0 Å². The van der Waals surface area contributed by atoms with E-state index < -0.39 is 0 Å². The van der Waals surface area contributed by atoms with Crippen LogP contribution in [0.4, 0.5) is 5.69 Å². The van der Waals surface area contributed by atoms with E-state index in [0.717, 1.165) is 24.3 Å². The van der Waals surface area contributed by atoms with Gasteiger partial charge in [-0.15, -0.1) is 0 Å². The van der Waals surface area contributed by atoms with Crippen LogP contribution in [0.2, 0.25) is 0 Å². The van der Waals surface area contributed by atoms with Crippen LogP contribution >= 0.6 is 12.6 Å². The first-order valence-electron chi connectivity index (χ1n) is 5.20. The molecule has 0 radical (unpaired) electrons. The van der Waals surface area contributed by atoms with Crippen LogP contribution in [0.3, 0.4) is 0 Å². The number of amides is 1. The second-order valence-electron chi connectivity index (χ2n) is 3.56. The molecule has 0 atom stereocenters. The molecule has 1 aromatic carbocycles. The van der Waals surface area contributed by atoms with Gasteiger partial charge in [-0.1, -0.05) is 12.1 Å². The quantitative estimate of drug-likeness (QED) is 0.583. The predicted molar refractivity (Wildman–Crippen MR) is 67.5 cm³/mol. The van der Waals surface area contributed by atoms with Crippen LogP contribution in [0.5, 0.6) is 0 Å². The van der Waals surface area contributed by atoms with Crippen LogP contribution in [-0.2, 0) is 11.2 Å². The van der Waals surface area contributed by atoms with Crippen LogP contribution in [0.25, 0.3) is 0 Å². The normalized spacial score (nSPS) is 10.0. The molecular formula is C12H17NOS. The van der Waals surface area contributed by atoms with Gasteiger partial charge in [-0.2, -0.15) is 12.6 Å². The fourth-order valence-corrected chi connectivity index (χ4v) is 1.62. The van der Waals surface area contributed by atoms with Gasteiger partial charge in [0.2, 0.25) is 5.91 Å². The van der Waals surface area contributed by atoms with Crippen molar-refractivity contribution in [1.29, 1.82) is 0 Å². The lowest BCUT2D eigenvalue weighted by molar-refractivity contribution is -0.114. The van der Waals surface area contributed by atoms with Gasteiger partial charge in [-0.05, 0) is 42.7 Å². The Hall–Kier alpha value is -0.960. The zero-order valence-electron chi connectivity index (χ0n) is 8.99. The first-order chi connectivity index (χ1) is 7.22. The van der Waals surface area contributed by atoms with Gasteiger partial charge in [0.1, 0.15) is 0 Å². The minimum atomic E-state index is -0.0298. The molecule has 0 aliphatic heterocycles. The minimum Gasteiger partial charge on any atom is -0.326 e. The Kier molecular flexibility index (Phi) is 5.26. The number of aryl methyl sites for hydroxylation is 1. The van der Waals surface area contributed by atoms with Gasteiger partial charge in [0, 0.05) is 12.6 Å². The second-order valence-corrected chi connectivity index (χ2v) is 4.01. The molecule has 0 spiro atoms. The number of carbonyl (C=O) groups excluding carboxylic acids is 1. The van der Waals surface area contributed by atoms with Crippen LogP contribution in [0.1, 0.15) is 25.3 Å². The average Bonchev–Trinajstić information content (AvgIpc) is 2.20. The summed E-state index contributed by atoms with van der Waals surface area (Å²) in [5.41, 5.74) is 2.17. The second kappa shape index (κ2) is 6.51. The van der Waals surface area contributed by atoms with Crippen molar-refractivity contribution in [2.24, 2.45) is 0 Å². The Morgan fingerprint density at radius 3 is 2.47 bits per heavy atom. The molecule has 82 valence electrons. The van der Waals surface area contributed by atoms with Crippen molar-refractivity contribution in [3.05, 3.63) is 29.8 Å². The van der Waals surface area contributed by atoms with Gasteiger partial charge in [0.05, 0.1) is 0 Å². The van der Waals surface area contributed by atoms with Gasteiger partial charge >= 0.3 is 0 Å². The van der Waals surface area contributed by atoms with Crippen molar-refractivity contribution in [3.8, 4) is 0 Å². The average molecular weight is 223 g/mol. The van der Waals surface area contributed by atoms with E-state index in [1.807, 2.05) is 12.1 Å². The SMILES string of the molecule is CC(=O)Nc1ccc(CCCCS)cc1. The Bertz CT molecular complexity index is 308. The smallest absolute Gasteiger partial charge is 0.221 e. The molecule has 15 heavy (non-hydrogen) atoms. The summed E-state index contributed by atoms with van der Waals surface area (Å²) >= 11 is 4.17. The number of hydrogen-bond acceptors (Lipinski definition) is 2. The predicted octanol–water partition coefficient (Wildman–Crippen LogP) is 2.90. The fraction of sp³-hybridized carbons (Fsp3) is 0.417. The van der Waals surface area contributed by atoms with E-state index in [2.05, 4.69) is 30.1 Å². The highest BCUT2D eigenvalue weighted by Crippen LogP contribution is 2.11. The van der Waals surface area contributed by atoms with Gasteiger partial charge in [-0.3, -0.25) is 4.79 Å². The molecule has 1 rings (SSSR count). The van der Waals surface area contributed by atoms with E-state index in [4.69, 9.17) is 0 Å². The molecule has 0 saturated heterocycles. The van der Waals surface area contributed by atoms with Crippen LogP contribution in [-0.4, -0.2) is 11.7 Å². The van der Waals surface area contributed by atoms with Crippen molar-refractivity contribution < 1.29 is 4.79 Å². The van der Waals surface area contributed by atoms with Crippen molar-refractivity contribution >= 4 is 24.2 Å². The largest absolute Gasteiger partial charge is 0.326 e. The minimum absolute atomic E-state index is 0.0298. The van der Waals surface area contributed by atoms with Gasteiger partial charge in [-0.25, -0.2) is 0 Å². The molecule has 0 bridgehead atoms. The van der Waals surface area contributed by atoms with Crippen molar-refractivity contribution in [2.75, 3.05) is 11.1 Å². The first-order valence-corrected chi connectivity index (χ1v) is 5.83. The number of rotatable bonds is 5. The molecule has 1 amide bonds. The first kappa shape index (κ1) is 12.1. The van der Waals surface area contributed by atoms with E-state index in [1.54, 1.807) is 0 Å². The topological polar surface area (TPSA) is 29.1 Å². The number of carbonyl (C=O) groups is 1. The number of anilines is 1. The summed E-state index contributed by atoms with van der Waals surface area (Å²) in [6, 6.07) is 8.00. The maximum absolute atomic E-state index is 10.8. The van der Waals surface area contributed by atoms with Crippen LogP contribution < -0.4 is 5.32 Å². The molecule has 0 saturated carbocycles. The summed E-state index contributed by atoms with van der Waals surface area (Å²) < 4.78 is 0. The molecule has 0 aliphatic rings. The van der Waals surface area contributed by atoms with Crippen molar-refractivity contribution in [2.45, 2.75) is 26.2 Å². The van der Waals surface area contributed by atoms with Crippen LogP contribution in [0, 0.1) is 0 Å². The maximum atomic E-state index is 10.8. The molecule has 0 aromatic heterocycles. The maximum Gasteiger partial charge on any atom is 0.221 e. The highest BCUT2D eigenvalue weighted by Gasteiger charge is 1.96. The number of nitrogens with one attached hydrogen (secondary N) is 1. The third kappa shape index (κ3) is 4.88. The molecular weight excluding hydrogens is 206 g/mol. The molecule has 1 aromatic rings. The standard InChI is InChI=1S/C12H17NOS/c1-10(14)13-12-7-5-11(6-8-12)4-2-3-9-15/h5-8,15H,2-4,9H2,1H3,(H,13,14). The van der Waals surface area contributed by atoms with Gasteiger partial charge in [0.25, 0.3) is 0 Å².